The molecule has 2 rings (SSSR count). The molecule has 0 aliphatic carbocycles. The Morgan fingerprint density at radius 1 is 1.09 bits per heavy atom. The monoisotopic (exact) mass is 307 g/mol. The highest BCUT2D eigenvalue weighted by atomic mass is 16.5. The Balaban J connectivity index is 2.38. The van der Waals surface area contributed by atoms with Crippen LogP contribution in [0, 0.1) is 0 Å². The molecule has 0 saturated heterocycles. The van der Waals surface area contributed by atoms with Crippen LogP contribution in [0.25, 0.3) is 11.4 Å². The number of carbonyl (C=O) groups excluding carboxylic acids is 1. The Kier molecular flexibility index (Phi) is 4.82. The van der Waals surface area contributed by atoms with Gasteiger partial charge in [-0.15, -0.1) is 0 Å². The first-order valence-corrected chi connectivity index (χ1v) is 6.39. The molecule has 1 heterocycles. The van der Waals surface area contributed by atoms with Crippen molar-refractivity contribution in [3.8, 4) is 28.6 Å². The van der Waals surface area contributed by atoms with E-state index >= 15 is 0 Å². The van der Waals surface area contributed by atoms with Crippen molar-refractivity contribution in [1.29, 1.82) is 0 Å². The summed E-state index contributed by atoms with van der Waals surface area (Å²) < 4.78 is 21.8. The number of carbonyl (C=O) groups is 1. The Labute approximate surface area is 127 Å². The van der Waals surface area contributed by atoms with Gasteiger partial charge in [0.25, 0.3) is 0 Å². The maximum Gasteiger partial charge on any atom is 0.327 e. The lowest BCUT2D eigenvalue weighted by Gasteiger charge is -2.12. The number of benzene rings is 1. The van der Waals surface area contributed by atoms with E-state index in [0.29, 0.717) is 28.6 Å². The van der Waals surface area contributed by atoms with Crippen molar-refractivity contribution in [2.24, 2.45) is 0 Å². The first-order valence-electron chi connectivity index (χ1n) is 6.39. The molecule has 22 heavy (non-hydrogen) atoms. The molecule has 118 valence electrons. The van der Waals surface area contributed by atoms with Crippen LogP contribution in [-0.4, -0.2) is 49.2 Å². The average molecular weight is 307 g/mol. The number of methoxy groups -OCH3 is 4. The summed E-state index contributed by atoms with van der Waals surface area (Å²) in [6.07, 6.45) is 1.45. The van der Waals surface area contributed by atoms with Crippen molar-refractivity contribution >= 4 is 5.97 Å². The molecular formula is C14H17N3O5. The van der Waals surface area contributed by atoms with Gasteiger partial charge in [0.05, 0.1) is 28.4 Å². The van der Waals surface area contributed by atoms with Gasteiger partial charge in [0.2, 0.25) is 5.75 Å². The second-order valence-corrected chi connectivity index (χ2v) is 4.26. The molecule has 0 unspecified atom stereocenters. The van der Waals surface area contributed by atoms with E-state index in [-0.39, 0.29) is 6.54 Å². The number of hydrogen-bond donors (Lipinski definition) is 0. The van der Waals surface area contributed by atoms with Crippen LogP contribution in [0.3, 0.4) is 0 Å². The quantitative estimate of drug-likeness (QED) is 0.740. The number of aromatic nitrogens is 3. The molecule has 1 aromatic carbocycles. The van der Waals surface area contributed by atoms with Crippen LogP contribution in [0.4, 0.5) is 0 Å². The first-order chi connectivity index (χ1) is 10.6. The number of ether oxygens (including phenoxy) is 4. The maximum absolute atomic E-state index is 11.2. The van der Waals surface area contributed by atoms with Gasteiger partial charge in [0.15, 0.2) is 17.3 Å². The Bertz CT molecular complexity index is 643. The minimum Gasteiger partial charge on any atom is -0.493 e. The molecule has 0 radical (unpaired) electrons. The standard InChI is InChI=1S/C14H17N3O5/c1-19-10-5-9(6-11(20-2)13(10)22-4)14-15-8-17(16-14)7-12(18)21-3/h5-6,8H,7H2,1-4H3. The van der Waals surface area contributed by atoms with Gasteiger partial charge in [0, 0.05) is 5.56 Å². The smallest absolute Gasteiger partial charge is 0.327 e. The van der Waals surface area contributed by atoms with E-state index in [1.807, 2.05) is 0 Å². The lowest BCUT2D eigenvalue weighted by molar-refractivity contribution is -0.141. The molecule has 8 nitrogen and oxygen atoms in total. The van der Waals surface area contributed by atoms with E-state index in [1.54, 1.807) is 12.1 Å². The summed E-state index contributed by atoms with van der Waals surface area (Å²) in [6.45, 7) is -0.00603. The molecule has 1 aromatic heterocycles. The van der Waals surface area contributed by atoms with Crippen LogP contribution in [0.15, 0.2) is 18.5 Å². The van der Waals surface area contributed by atoms with Crippen LogP contribution in [0.1, 0.15) is 0 Å². The minimum absolute atomic E-state index is 0.00603. The molecule has 0 saturated carbocycles. The number of nitrogens with zero attached hydrogens (tertiary/aromatic N) is 3. The number of hydrogen-bond acceptors (Lipinski definition) is 7. The second kappa shape index (κ2) is 6.79. The molecular weight excluding hydrogens is 290 g/mol. The summed E-state index contributed by atoms with van der Waals surface area (Å²) in [7, 11) is 5.91. The van der Waals surface area contributed by atoms with E-state index < -0.39 is 5.97 Å². The Morgan fingerprint density at radius 3 is 2.23 bits per heavy atom. The average Bonchev–Trinajstić information content (AvgIpc) is 3.01. The topological polar surface area (TPSA) is 84.7 Å². The van der Waals surface area contributed by atoms with E-state index in [9.17, 15) is 4.79 Å². The lowest BCUT2D eigenvalue weighted by atomic mass is 10.1. The number of rotatable bonds is 6. The predicted octanol–water partition coefficient (Wildman–Crippen LogP) is 1.14. The van der Waals surface area contributed by atoms with Crippen LogP contribution in [0.2, 0.25) is 0 Å². The highest BCUT2D eigenvalue weighted by molar-refractivity contribution is 5.69. The third kappa shape index (κ3) is 3.11. The molecule has 0 aliphatic heterocycles. The Morgan fingerprint density at radius 2 is 1.73 bits per heavy atom. The summed E-state index contributed by atoms with van der Waals surface area (Å²) in [4.78, 5) is 15.4. The molecule has 0 spiro atoms. The summed E-state index contributed by atoms with van der Waals surface area (Å²) in [5.41, 5.74) is 0.679. The van der Waals surface area contributed by atoms with E-state index in [2.05, 4.69) is 14.8 Å². The van der Waals surface area contributed by atoms with E-state index in [1.165, 1.54) is 39.4 Å². The molecule has 0 atom stereocenters. The number of esters is 1. The highest BCUT2D eigenvalue weighted by Gasteiger charge is 2.16. The normalized spacial score (nSPS) is 10.2. The van der Waals surface area contributed by atoms with Gasteiger partial charge in [0.1, 0.15) is 12.9 Å². The molecule has 2 aromatic rings. The zero-order chi connectivity index (χ0) is 16.1. The van der Waals surface area contributed by atoms with E-state index in [4.69, 9.17) is 14.2 Å². The zero-order valence-corrected chi connectivity index (χ0v) is 12.8. The fraction of sp³-hybridized carbons (Fsp3) is 0.357. The molecule has 0 amide bonds. The van der Waals surface area contributed by atoms with Crippen molar-refractivity contribution in [2.75, 3.05) is 28.4 Å². The largest absolute Gasteiger partial charge is 0.493 e. The fourth-order valence-electron chi connectivity index (χ4n) is 1.91. The maximum atomic E-state index is 11.2. The first kappa shape index (κ1) is 15.6. The summed E-state index contributed by atoms with van der Waals surface area (Å²) in [5, 5.41) is 4.23. The van der Waals surface area contributed by atoms with E-state index in [0.717, 1.165) is 0 Å². The summed E-state index contributed by atoms with van der Waals surface area (Å²) in [5.74, 6) is 1.52. The van der Waals surface area contributed by atoms with Gasteiger partial charge in [-0.25, -0.2) is 9.67 Å². The van der Waals surface area contributed by atoms with Crippen LogP contribution in [0.5, 0.6) is 17.2 Å². The van der Waals surface area contributed by atoms with Crippen LogP contribution in [-0.2, 0) is 16.1 Å². The van der Waals surface area contributed by atoms with Gasteiger partial charge in [-0.1, -0.05) is 0 Å². The fourth-order valence-corrected chi connectivity index (χ4v) is 1.91. The molecule has 0 N–H and O–H groups in total. The van der Waals surface area contributed by atoms with Gasteiger partial charge in [-0.05, 0) is 12.1 Å². The summed E-state index contributed by atoms with van der Waals surface area (Å²) >= 11 is 0. The predicted molar refractivity (Wildman–Crippen MR) is 77.1 cm³/mol. The molecule has 8 heteroatoms. The molecule has 0 fully saturated rings. The van der Waals surface area contributed by atoms with Crippen molar-refractivity contribution in [3.63, 3.8) is 0 Å². The second-order valence-electron chi connectivity index (χ2n) is 4.26. The molecule has 0 bridgehead atoms. The van der Waals surface area contributed by atoms with Gasteiger partial charge < -0.3 is 18.9 Å². The zero-order valence-electron chi connectivity index (χ0n) is 12.8. The SMILES string of the molecule is COC(=O)Cn1cnc(-c2cc(OC)c(OC)c(OC)c2)n1. The van der Waals surface area contributed by atoms with Crippen molar-refractivity contribution in [3.05, 3.63) is 18.5 Å². The van der Waals surface area contributed by atoms with Gasteiger partial charge >= 0.3 is 5.97 Å². The van der Waals surface area contributed by atoms with Crippen molar-refractivity contribution in [2.45, 2.75) is 6.54 Å². The molecule has 0 aliphatic rings. The Hall–Kier alpha value is -2.77. The van der Waals surface area contributed by atoms with Gasteiger partial charge in [-0.3, -0.25) is 4.79 Å². The minimum atomic E-state index is -0.402. The third-order valence-electron chi connectivity index (χ3n) is 2.98. The van der Waals surface area contributed by atoms with Crippen molar-refractivity contribution in [1.82, 2.24) is 14.8 Å². The lowest BCUT2D eigenvalue weighted by Crippen LogP contribution is -2.11. The van der Waals surface area contributed by atoms with Crippen molar-refractivity contribution < 1.29 is 23.7 Å². The van der Waals surface area contributed by atoms with Gasteiger partial charge in [-0.2, -0.15) is 5.10 Å². The summed E-state index contributed by atoms with van der Waals surface area (Å²) in [6, 6.07) is 3.47. The highest BCUT2D eigenvalue weighted by Crippen LogP contribution is 2.40. The van der Waals surface area contributed by atoms with Crippen LogP contribution >= 0.6 is 0 Å². The van der Waals surface area contributed by atoms with Crippen LogP contribution < -0.4 is 14.2 Å². The third-order valence-corrected chi connectivity index (χ3v) is 2.98.